The van der Waals surface area contributed by atoms with E-state index in [1.54, 1.807) is 27.7 Å². The van der Waals surface area contributed by atoms with Gasteiger partial charge in [0.25, 0.3) is 0 Å². The maximum absolute atomic E-state index is 12.3. The van der Waals surface area contributed by atoms with Crippen LogP contribution < -0.4 is 0 Å². The zero-order chi connectivity index (χ0) is 15.8. The molecule has 21 heavy (non-hydrogen) atoms. The minimum absolute atomic E-state index is 0.0369. The number of rotatable bonds is 3. The van der Waals surface area contributed by atoms with Crippen LogP contribution in [0.4, 0.5) is 4.79 Å². The molecule has 2 heterocycles. The van der Waals surface area contributed by atoms with Crippen molar-refractivity contribution in [2.75, 3.05) is 6.61 Å². The maximum Gasteiger partial charge on any atom is 0.411 e. The Hall–Kier alpha value is -1.59. The number of ketones is 1. The van der Waals surface area contributed by atoms with Crippen molar-refractivity contribution in [3.63, 3.8) is 0 Å². The van der Waals surface area contributed by atoms with E-state index in [1.807, 2.05) is 0 Å². The summed E-state index contributed by atoms with van der Waals surface area (Å²) in [6, 6.07) is -0.675. The van der Waals surface area contributed by atoms with Crippen molar-refractivity contribution in [3.05, 3.63) is 0 Å². The summed E-state index contributed by atoms with van der Waals surface area (Å²) in [5, 5.41) is 0. The number of nitrogens with zero attached hydrogens (tertiary/aromatic N) is 1. The molecule has 1 amide bonds. The molecule has 0 N–H and O–H groups in total. The first-order chi connectivity index (χ1) is 9.74. The van der Waals surface area contributed by atoms with E-state index in [1.165, 1.54) is 4.90 Å². The van der Waals surface area contributed by atoms with Gasteiger partial charge in [0.1, 0.15) is 5.60 Å². The molecule has 2 bridgehead atoms. The van der Waals surface area contributed by atoms with Gasteiger partial charge < -0.3 is 9.47 Å². The lowest BCUT2D eigenvalue weighted by atomic mass is 9.86. The minimum atomic E-state index is -0.598. The van der Waals surface area contributed by atoms with Gasteiger partial charge in [-0.1, -0.05) is 0 Å². The topological polar surface area (TPSA) is 72.9 Å². The van der Waals surface area contributed by atoms with Gasteiger partial charge in [-0.3, -0.25) is 14.5 Å². The van der Waals surface area contributed by atoms with Crippen LogP contribution >= 0.6 is 0 Å². The van der Waals surface area contributed by atoms with Crippen molar-refractivity contribution in [3.8, 4) is 0 Å². The maximum atomic E-state index is 12.3. The smallest absolute Gasteiger partial charge is 0.411 e. The number of amides is 1. The van der Waals surface area contributed by atoms with Gasteiger partial charge in [-0.25, -0.2) is 4.79 Å². The predicted molar refractivity (Wildman–Crippen MR) is 74.6 cm³/mol. The molecule has 6 heteroatoms. The van der Waals surface area contributed by atoms with E-state index in [9.17, 15) is 14.4 Å². The lowest BCUT2D eigenvalue weighted by Gasteiger charge is -2.27. The Morgan fingerprint density at radius 1 is 1.29 bits per heavy atom. The van der Waals surface area contributed by atoms with Crippen LogP contribution in [-0.2, 0) is 19.1 Å². The van der Waals surface area contributed by atoms with Gasteiger partial charge in [-0.15, -0.1) is 0 Å². The molecule has 118 valence electrons. The summed E-state index contributed by atoms with van der Waals surface area (Å²) >= 11 is 0. The molecule has 0 radical (unpaired) electrons. The number of hydrogen-bond donors (Lipinski definition) is 0. The molecule has 6 nitrogen and oxygen atoms in total. The van der Waals surface area contributed by atoms with Crippen LogP contribution in [0, 0.1) is 5.92 Å². The molecule has 0 unspecified atom stereocenters. The van der Waals surface area contributed by atoms with Gasteiger partial charge in [-0.2, -0.15) is 0 Å². The first-order valence-corrected chi connectivity index (χ1v) is 7.45. The van der Waals surface area contributed by atoms with Crippen LogP contribution in [0.1, 0.15) is 47.0 Å². The Balaban J connectivity index is 2.08. The number of Topliss-reactive ketones (excluding diaryl/α,β-unsaturated/α-hetero) is 1. The molecule has 2 fully saturated rings. The molecule has 0 aromatic rings. The van der Waals surface area contributed by atoms with Crippen molar-refractivity contribution in [1.82, 2.24) is 4.90 Å². The second kappa shape index (κ2) is 5.66. The van der Waals surface area contributed by atoms with Crippen LogP contribution in [0.25, 0.3) is 0 Å². The third kappa shape index (κ3) is 3.19. The molecule has 2 rings (SSSR count). The molecule has 0 aliphatic carbocycles. The summed E-state index contributed by atoms with van der Waals surface area (Å²) in [5.41, 5.74) is -0.598. The molecule has 0 aromatic heterocycles. The Morgan fingerprint density at radius 2 is 1.95 bits per heavy atom. The van der Waals surface area contributed by atoms with E-state index in [0.717, 1.165) is 6.42 Å². The fraction of sp³-hybridized carbons (Fsp3) is 0.800. The van der Waals surface area contributed by atoms with E-state index >= 15 is 0 Å². The lowest BCUT2D eigenvalue weighted by molar-refractivity contribution is -0.146. The van der Waals surface area contributed by atoms with Crippen LogP contribution in [-0.4, -0.2) is 47.0 Å². The summed E-state index contributed by atoms with van der Waals surface area (Å²) in [6.45, 7) is 7.40. The summed E-state index contributed by atoms with van der Waals surface area (Å²) in [5.74, 6) is -0.868. The number of carbonyl (C=O) groups is 3. The molecule has 2 aliphatic heterocycles. The highest BCUT2D eigenvalue weighted by Gasteiger charge is 2.56. The monoisotopic (exact) mass is 297 g/mol. The number of fused-ring (bicyclic) bond motifs is 2. The predicted octanol–water partition coefficient (Wildman–Crippen LogP) is 1.91. The first kappa shape index (κ1) is 15.8. The summed E-state index contributed by atoms with van der Waals surface area (Å²) in [4.78, 5) is 37.7. The Morgan fingerprint density at radius 3 is 2.52 bits per heavy atom. The highest BCUT2D eigenvalue weighted by Crippen LogP contribution is 2.41. The fourth-order valence-electron chi connectivity index (χ4n) is 3.16. The molecule has 0 spiro atoms. The number of esters is 1. The third-order valence-corrected chi connectivity index (χ3v) is 3.88. The van der Waals surface area contributed by atoms with Crippen LogP contribution in [0.15, 0.2) is 0 Å². The van der Waals surface area contributed by atoms with Gasteiger partial charge in [0.2, 0.25) is 0 Å². The second-order valence-electron chi connectivity index (χ2n) is 6.57. The third-order valence-electron chi connectivity index (χ3n) is 3.88. The van der Waals surface area contributed by atoms with Gasteiger partial charge in [0, 0.05) is 6.04 Å². The molecular weight excluding hydrogens is 274 g/mol. The first-order valence-electron chi connectivity index (χ1n) is 7.45. The number of hydrogen-bond acceptors (Lipinski definition) is 5. The second-order valence-corrected chi connectivity index (χ2v) is 6.57. The Bertz CT molecular complexity index is 453. The fourth-order valence-corrected chi connectivity index (χ4v) is 3.16. The van der Waals surface area contributed by atoms with E-state index in [4.69, 9.17) is 9.47 Å². The van der Waals surface area contributed by atoms with Crippen molar-refractivity contribution in [2.24, 2.45) is 5.92 Å². The van der Waals surface area contributed by atoms with Crippen molar-refractivity contribution < 1.29 is 23.9 Å². The average Bonchev–Trinajstić information content (AvgIpc) is 2.86. The summed E-state index contributed by atoms with van der Waals surface area (Å²) in [7, 11) is 0. The molecule has 0 saturated carbocycles. The van der Waals surface area contributed by atoms with Crippen molar-refractivity contribution in [2.45, 2.75) is 64.6 Å². The number of carbonyl (C=O) groups excluding carboxylic acids is 3. The highest BCUT2D eigenvalue weighted by molar-refractivity contribution is 5.96. The molecule has 2 aliphatic rings. The standard InChI is InChI=1S/C15H23NO5/c1-5-20-12(17)8-9-10-6-7-11(13(9)18)16(10)14(19)21-15(2,3)4/h9-11H,5-8H2,1-4H3/t9-,10-,11+/m1/s1. The molecule has 2 saturated heterocycles. The van der Waals surface area contributed by atoms with E-state index in [-0.39, 0.29) is 24.2 Å². The van der Waals surface area contributed by atoms with Gasteiger partial charge in [0.15, 0.2) is 5.78 Å². The average molecular weight is 297 g/mol. The summed E-state index contributed by atoms with van der Waals surface area (Å²) < 4.78 is 10.3. The van der Waals surface area contributed by atoms with E-state index in [2.05, 4.69) is 0 Å². The summed E-state index contributed by atoms with van der Waals surface area (Å²) in [6.07, 6.45) is 0.976. The van der Waals surface area contributed by atoms with Crippen molar-refractivity contribution >= 4 is 17.8 Å². The van der Waals surface area contributed by atoms with Gasteiger partial charge >= 0.3 is 12.1 Å². The largest absolute Gasteiger partial charge is 0.466 e. The Labute approximate surface area is 124 Å². The van der Waals surface area contributed by atoms with Crippen LogP contribution in [0.2, 0.25) is 0 Å². The quantitative estimate of drug-likeness (QED) is 0.744. The molecular formula is C15H23NO5. The number of ether oxygens (including phenoxy) is 2. The zero-order valence-corrected chi connectivity index (χ0v) is 13.0. The van der Waals surface area contributed by atoms with Gasteiger partial charge in [0.05, 0.1) is 25.0 Å². The highest BCUT2D eigenvalue weighted by atomic mass is 16.6. The zero-order valence-electron chi connectivity index (χ0n) is 13.0. The lowest BCUT2D eigenvalue weighted by Crippen LogP contribution is -2.41. The van der Waals surface area contributed by atoms with Crippen molar-refractivity contribution in [1.29, 1.82) is 0 Å². The van der Waals surface area contributed by atoms with E-state index < -0.39 is 23.7 Å². The van der Waals surface area contributed by atoms with Crippen LogP contribution in [0.5, 0.6) is 0 Å². The van der Waals surface area contributed by atoms with Gasteiger partial charge in [-0.05, 0) is 40.5 Å². The molecule has 0 aromatic carbocycles. The Kier molecular flexibility index (Phi) is 4.25. The minimum Gasteiger partial charge on any atom is -0.466 e. The SMILES string of the molecule is CCOC(=O)C[C@H]1C(=O)[C@@H]2CC[C@H]1N2C(=O)OC(C)(C)C. The van der Waals surface area contributed by atoms with E-state index in [0.29, 0.717) is 13.0 Å². The molecule has 3 atom stereocenters. The normalized spacial score (nSPS) is 27.9. The van der Waals surface area contributed by atoms with Crippen LogP contribution in [0.3, 0.4) is 0 Å².